The fourth-order valence-electron chi connectivity index (χ4n) is 0.479. The van der Waals surface area contributed by atoms with E-state index in [0.29, 0.717) is 0 Å². The van der Waals surface area contributed by atoms with Crippen LogP contribution >= 0.6 is 0 Å². The van der Waals surface area contributed by atoms with Crippen molar-refractivity contribution in [3.63, 3.8) is 0 Å². The first kappa shape index (κ1) is 4.13. The summed E-state index contributed by atoms with van der Waals surface area (Å²) in [5, 5.41) is 0. The topological polar surface area (TPSA) is 0 Å². The Labute approximate surface area is 51.9 Å². The zero-order valence-electron chi connectivity index (χ0n) is 7.33. The predicted molar refractivity (Wildman–Crippen MR) is 38.7 cm³/mol. The average Bonchev–Trinajstić information content (AvgIpc) is 1.64. The Morgan fingerprint density at radius 1 is 1.71 bits per heavy atom. The molecule has 0 heterocycles. The van der Waals surface area contributed by atoms with E-state index in [4.69, 9.17) is 2.74 Å². The van der Waals surface area contributed by atoms with Gasteiger partial charge in [0.1, 0.15) is 0 Å². The first-order chi connectivity index (χ1) is 4.12. The molecule has 1 heteroatoms. The van der Waals surface area contributed by atoms with E-state index in [1.165, 1.54) is 0 Å². The van der Waals surface area contributed by atoms with Crippen LogP contribution in [0.15, 0.2) is 0 Å². The van der Waals surface area contributed by atoms with Crippen LogP contribution < -0.4 is 0 Å². The van der Waals surface area contributed by atoms with Crippen LogP contribution in [0.4, 0.5) is 0 Å². The Bertz CT molecular complexity index is 65.5. The van der Waals surface area contributed by atoms with Gasteiger partial charge in [0.15, 0.2) is 0 Å². The van der Waals surface area contributed by atoms with Gasteiger partial charge in [0, 0.05) is 12.3 Å². The van der Waals surface area contributed by atoms with Crippen LogP contribution in [0, 0.1) is 0 Å². The largest absolute Gasteiger partial charge is 0.0748 e. The number of rotatable bonds is 4. The minimum Gasteiger partial charge on any atom is -0.0748 e. The molecule has 0 aliphatic heterocycles. The summed E-state index contributed by atoms with van der Waals surface area (Å²) in [6.07, 6.45) is 0.880. The third-order valence-corrected chi connectivity index (χ3v) is 1.71. The second-order valence-corrected chi connectivity index (χ2v) is 3.25. The van der Waals surface area contributed by atoms with E-state index in [1.54, 1.807) is 0 Å². The minimum absolute atomic E-state index is 0.0855. The average molecular weight is 118 g/mol. The smallest absolute Gasteiger partial charge is 0.0263 e. The van der Waals surface area contributed by atoms with Crippen molar-refractivity contribution >= 4 is 9.52 Å². The van der Waals surface area contributed by atoms with Gasteiger partial charge in [0.2, 0.25) is 0 Å². The Kier molecular flexibility index (Phi) is 3.67. The fraction of sp³-hybridized carbons (Fsp3) is 1.00. The summed E-state index contributed by atoms with van der Waals surface area (Å²) >= 11 is 0. The predicted octanol–water partition coefficient (Wildman–Crippen LogP) is 1.81. The molecule has 0 aromatic heterocycles. The first-order valence-corrected chi connectivity index (χ1v) is 5.54. The monoisotopic (exact) mass is 118 g/mol. The summed E-state index contributed by atoms with van der Waals surface area (Å²) < 4.78 is 14.9. The Balaban J connectivity index is 3.43. The number of hydrogen-bond donors (Lipinski definition) is 0. The van der Waals surface area contributed by atoms with Crippen LogP contribution in [-0.2, 0) is 0 Å². The highest BCUT2D eigenvalue weighted by molar-refractivity contribution is 6.33. The molecule has 0 rings (SSSR count). The van der Waals surface area contributed by atoms with Gasteiger partial charge in [0.25, 0.3) is 0 Å². The van der Waals surface area contributed by atoms with Crippen molar-refractivity contribution in [1.29, 1.82) is 0 Å². The molecule has 0 aromatic carbocycles. The molecule has 0 aliphatic rings. The van der Waals surface area contributed by atoms with Gasteiger partial charge in [-0.1, -0.05) is 38.7 Å². The zero-order chi connectivity index (χ0) is 7.33. The standard InChI is InChI=1S/C6H16Si/c1-3-4-5-6-7-2/h3-7H2,1-2H3/i5D2. The summed E-state index contributed by atoms with van der Waals surface area (Å²) in [5.41, 5.74) is 0. The highest BCUT2D eigenvalue weighted by Gasteiger charge is 1.80. The van der Waals surface area contributed by atoms with Crippen LogP contribution in [0.25, 0.3) is 0 Å². The third-order valence-electron chi connectivity index (χ3n) is 0.854. The van der Waals surface area contributed by atoms with Crippen LogP contribution in [-0.4, -0.2) is 9.52 Å². The summed E-state index contributed by atoms with van der Waals surface area (Å²) in [6.45, 7) is 4.20. The molecule has 0 nitrogen and oxygen atoms in total. The van der Waals surface area contributed by atoms with E-state index >= 15 is 0 Å². The summed E-state index contributed by atoms with van der Waals surface area (Å²) in [7, 11) is -0.0855. The molecular formula is C6H16Si. The van der Waals surface area contributed by atoms with Gasteiger partial charge in [-0.2, -0.15) is 0 Å². The molecule has 0 fully saturated rings. The Hall–Kier alpha value is 0.217. The minimum atomic E-state index is -0.838. The van der Waals surface area contributed by atoms with Crippen LogP contribution in [0.2, 0.25) is 12.6 Å². The number of hydrogen-bond acceptors (Lipinski definition) is 0. The molecule has 0 saturated carbocycles. The van der Waals surface area contributed by atoms with E-state index in [9.17, 15) is 0 Å². The maximum absolute atomic E-state index is 7.43. The lowest BCUT2D eigenvalue weighted by molar-refractivity contribution is 0.769. The molecule has 0 aliphatic carbocycles. The van der Waals surface area contributed by atoms with E-state index in [0.717, 1.165) is 18.9 Å². The molecule has 0 amide bonds. The van der Waals surface area contributed by atoms with E-state index in [1.807, 2.05) is 6.92 Å². The molecule has 7 heavy (non-hydrogen) atoms. The highest BCUT2D eigenvalue weighted by Crippen LogP contribution is 1.97. The van der Waals surface area contributed by atoms with Crippen LogP contribution in [0.3, 0.4) is 0 Å². The first-order valence-electron chi connectivity index (χ1n) is 4.12. The lowest BCUT2D eigenvalue weighted by Gasteiger charge is -1.90. The van der Waals surface area contributed by atoms with Gasteiger partial charge in [0.05, 0.1) is 0 Å². The quantitative estimate of drug-likeness (QED) is 0.494. The lowest BCUT2D eigenvalue weighted by atomic mass is 10.3. The summed E-state index contributed by atoms with van der Waals surface area (Å²) in [4.78, 5) is 0. The maximum Gasteiger partial charge on any atom is 0.0263 e. The molecule has 0 spiro atoms. The SMILES string of the molecule is [2H]C([2H])(CCC)C[SiH2]C. The van der Waals surface area contributed by atoms with Crippen molar-refractivity contribution < 1.29 is 2.74 Å². The second-order valence-electron chi connectivity index (χ2n) is 1.75. The van der Waals surface area contributed by atoms with Gasteiger partial charge in [-0.25, -0.2) is 0 Å². The molecular weight excluding hydrogens is 100 g/mol. The molecule has 44 valence electrons. The van der Waals surface area contributed by atoms with Crippen molar-refractivity contribution in [2.45, 2.75) is 38.7 Å². The van der Waals surface area contributed by atoms with Crippen molar-refractivity contribution in [2.24, 2.45) is 0 Å². The van der Waals surface area contributed by atoms with Crippen molar-refractivity contribution in [1.82, 2.24) is 0 Å². The molecule has 0 saturated heterocycles. The van der Waals surface area contributed by atoms with Gasteiger partial charge >= 0.3 is 0 Å². The third kappa shape index (κ3) is 6.22. The highest BCUT2D eigenvalue weighted by atomic mass is 28.2. The molecule has 0 aromatic rings. The second kappa shape index (κ2) is 6.22. The molecule has 0 N–H and O–H groups in total. The van der Waals surface area contributed by atoms with Gasteiger partial charge in [-0.15, -0.1) is 0 Å². The zero-order valence-corrected chi connectivity index (χ0v) is 6.74. The lowest BCUT2D eigenvalue weighted by Crippen LogP contribution is -1.79. The molecule has 0 unspecified atom stereocenters. The summed E-state index contributed by atoms with van der Waals surface area (Å²) in [5.74, 6) is 0. The van der Waals surface area contributed by atoms with Crippen molar-refractivity contribution in [2.75, 3.05) is 0 Å². The van der Waals surface area contributed by atoms with Crippen LogP contribution in [0.5, 0.6) is 0 Å². The Morgan fingerprint density at radius 3 is 2.86 bits per heavy atom. The molecule has 0 bridgehead atoms. The van der Waals surface area contributed by atoms with E-state index < -0.39 is 6.37 Å². The van der Waals surface area contributed by atoms with E-state index in [2.05, 4.69) is 6.55 Å². The van der Waals surface area contributed by atoms with Crippen LogP contribution in [0.1, 0.15) is 28.9 Å². The van der Waals surface area contributed by atoms with Crippen molar-refractivity contribution in [3.05, 3.63) is 0 Å². The molecule has 0 radical (unpaired) electrons. The molecule has 0 atom stereocenters. The normalized spacial score (nSPS) is 17.4. The van der Waals surface area contributed by atoms with Gasteiger partial charge in [-0.3, -0.25) is 0 Å². The van der Waals surface area contributed by atoms with E-state index in [-0.39, 0.29) is 9.52 Å². The van der Waals surface area contributed by atoms with Gasteiger partial charge in [-0.05, 0) is 0 Å². The van der Waals surface area contributed by atoms with Crippen molar-refractivity contribution in [3.8, 4) is 0 Å². The summed E-state index contributed by atoms with van der Waals surface area (Å²) in [6, 6.07) is 0.848. The fourth-order valence-corrected chi connectivity index (χ4v) is 1.08. The Morgan fingerprint density at radius 2 is 2.43 bits per heavy atom. The maximum atomic E-state index is 7.43. The van der Waals surface area contributed by atoms with Gasteiger partial charge < -0.3 is 0 Å².